The summed E-state index contributed by atoms with van der Waals surface area (Å²) in [6.45, 7) is 1.83. The number of hydrogen-bond acceptors (Lipinski definition) is 3. The van der Waals surface area contributed by atoms with Gasteiger partial charge in [-0.05, 0) is 27.3 Å². The molecule has 4 heteroatoms. The highest BCUT2D eigenvalue weighted by Gasteiger charge is 1.99. The van der Waals surface area contributed by atoms with Gasteiger partial charge in [0.1, 0.15) is 12.4 Å². The van der Waals surface area contributed by atoms with Crippen LogP contribution in [0.4, 0.5) is 4.79 Å². The SMILES string of the molecule is CC(=O)Cc1ccc(COC(=O)P)cc1. The van der Waals surface area contributed by atoms with Gasteiger partial charge in [-0.15, -0.1) is 0 Å². The van der Waals surface area contributed by atoms with E-state index < -0.39 is 0 Å². The van der Waals surface area contributed by atoms with Crippen LogP contribution in [0.1, 0.15) is 18.1 Å². The van der Waals surface area contributed by atoms with Crippen molar-refractivity contribution >= 4 is 20.7 Å². The second-order valence-corrected chi connectivity index (χ2v) is 3.77. The number of hydrogen-bond donors (Lipinski definition) is 0. The van der Waals surface area contributed by atoms with E-state index in [1.807, 2.05) is 33.5 Å². The number of ketones is 1. The molecule has 0 aromatic heterocycles. The second kappa shape index (κ2) is 5.62. The van der Waals surface area contributed by atoms with Gasteiger partial charge in [-0.2, -0.15) is 0 Å². The maximum Gasteiger partial charge on any atom is 0.320 e. The third-order valence-electron chi connectivity index (χ3n) is 1.86. The van der Waals surface area contributed by atoms with Gasteiger partial charge < -0.3 is 4.74 Å². The molecule has 0 saturated carbocycles. The molecule has 1 aromatic rings. The third kappa shape index (κ3) is 4.71. The highest BCUT2D eigenvalue weighted by atomic mass is 31.0. The number of rotatable bonds is 4. The van der Waals surface area contributed by atoms with Gasteiger partial charge >= 0.3 is 5.71 Å². The van der Waals surface area contributed by atoms with Crippen LogP contribution in [0.2, 0.25) is 0 Å². The minimum Gasteiger partial charge on any atom is -0.458 e. The van der Waals surface area contributed by atoms with Crippen molar-refractivity contribution in [2.45, 2.75) is 20.0 Å². The zero-order valence-corrected chi connectivity index (χ0v) is 9.68. The van der Waals surface area contributed by atoms with Gasteiger partial charge in [0.25, 0.3) is 0 Å². The monoisotopic (exact) mass is 224 g/mol. The fourth-order valence-electron chi connectivity index (χ4n) is 1.20. The number of carbonyl (C=O) groups is 2. The summed E-state index contributed by atoms with van der Waals surface area (Å²) in [5.41, 5.74) is 1.52. The van der Waals surface area contributed by atoms with Gasteiger partial charge in [-0.1, -0.05) is 24.3 Å². The Morgan fingerprint density at radius 2 is 1.73 bits per heavy atom. The summed E-state index contributed by atoms with van der Waals surface area (Å²) in [5.74, 6) is 0.138. The van der Waals surface area contributed by atoms with Crippen LogP contribution in [0.15, 0.2) is 24.3 Å². The molecule has 0 heterocycles. The first kappa shape index (κ1) is 11.9. The van der Waals surface area contributed by atoms with E-state index in [1.165, 1.54) is 0 Å². The molecule has 0 N–H and O–H groups in total. The van der Waals surface area contributed by atoms with Crippen molar-refractivity contribution in [1.82, 2.24) is 0 Å². The predicted molar refractivity (Wildman–Crippen MR) is 60.7 cm³/mol. The number of carbonyl (C=O) groups excluding carboxylic acids is 2. The number of benzene rings is 1. The van der Waals surface area contributed by atoms with E-state index in [4.69, 9.17) is 4.74 Å². The molecule has 0 aliphatic carbocycles. The molecule has 0 saturated heterocycles. The summed E-state index contributed by atoms with van der Waals surface area (Å²) < 4.78 is 4.81. The van der Waals surface area contributed by atoms with Gasteiger partial charge in [-0.25, -0.2) is 4.79 Å². The lowest BCUT2D eigenvalue weighted by Gasteiger charge is -2.03. The smallest absolute Gasteiger partial charge is 0.320 e. The van der Waals surface area contributed by atoms with Crippen molar-refractivity contribution in [3.8, 4) is 0 Å². The molecule has 0 bridgehead atoms. The molecule has 1 atom stereocenters. The van der Waals surface area contributed by atoms with Crippen LogP contribution in [0.5, 0.6) is 0 Å². The molecule has 0 radical (unpaired) electrons. The first-order valence-corrected chi connectivity index (χ1v) is 5.15. The topological polar surface area (TPSA) is 43.4 Å². The second-order valence-electron chi connectivity index (χ2n) is 3.30. The summed E-state index contributed by atoms with van der Waals surface area (Å²) in [5, 5.41) is 0. The number of Topliss-reactive ketones (excluding diaryl/α,β-unsaturated/α-hetero) is 1. The van der Waals surface area contributed by atoms with Gasteiger partial charge in [0.2, 0.25) is 0 Å². The Morgan fingerprint density at radius 1 is 1.20 bits per heavy atom. The molecule has 0 aliphatic rings. The molecule has 80 valence electrons. The lowest BCUT2D eigenvalue weighted by atomic mass is 10.1. The van der Waals surface area contributed by atoms with E-state index in [1.54, 1.807) is 6.92 Å². The highest BCUT2D eigenvalue weighted by Crippen LogP contribution is 2.08. The van der Waals surface area contributed by atoms with Crippen molar-refractivity contribution in [2.24, 2.45) is 0 Å². The van der Waals surface area contributed by atoms with Gasteiger partial charge in [0.15, 0.2) is 0 Å². The van der Waals surface area contributed by atoms with Crippen molar-refractivity contribution in [3.05, 3.63) is 35.4 Å². The van der Waals surface area contributed by atoms with Crippen LogP contribution >= 0.6 is 9.24 Å². The molecule has 0 spiro atoms. The normalized spacial score (nSPS) is 9.73. The first-order valence-electron chi connectivity index (χ1n) is 4.57. The Kier molecular flexibility index (Phi) is 4.44. The first-order chi connectivity index (χ1) is 7.08. The Hall–Kier alpha value is -1.21. The van der Waals surface area contributed by atoms with E-state index >= 15 is 0 Å². The zero-order valence-electron chi connectivity index (χ0n) is 8.53. The predicted octanol–water partition coefficient (Wildman–Crippen LogP) is 2.33. The van der Waals surface area contributed by atoms with E-state index in [-0.39, 0.29) is 18.1 Å². The number of ether oxygens (including phenoxy) is 1. The maximum atomic E-state index is 10.8. The Balaban J connectivity index is 2.56. The quantitative estimate of drug-likeness (QED) is 0.737. The largest absolute Gasteiger partial charge is 0.458 e. The van der Waals surface area contributed by atoms with E-state index in [9.17, 15) is 9.59 Å². The van der Waals surface area contributed by atoms with Crippen LogP contribution in [0, 0.1) is 0 Å². The van der Waals surface area contributed by atoms with Crippen LogP contribution in [0.25, 0.3) is 0 Å². The molecule has 0 aliphatic heterocycles. The molecule has 1 aromatic carbocycles. The van der Waals surface area contributed by atoms with E-state index in [0.717, 1.165) is 11.1 Å². The lowest BCUT2D eigenvalue weighted by molar-refractivity contribution is -0.116. The molecule has 0 fully saturated rings. The Bertz CT molecular complexity index is 357. The molecule has 1 unspecified atom stereocenters. The highest BCUT2D eigenvalue weighted by molar-refractivity contribution is 7.39. The average molecular weight is 224 g/mol. The Labute approximate surface area is 91.0 Å². The van der Waals surface area contributed by atoms with Crippen LogP contribution < -0.4 is 0 Å². The standard InChI is InChI=1S/C11H13O3P/c1-8(12)6-9-2-4-10(5-3-9)7-14-11(13)15/h2-5H,6-7,15H2,1H3. The van der Waals surface area contributed by atoms with Gasteiger partial charge in [0, 0.05) is 6.42 Å². The zero-order chi connectivity index (χ0) is 11.3. The van der Waals surface area contributed by atoms with Crippen LogP contribution in [0.3, 0.4) is 0 Å². The fourth-order valence-corrected chi connectivity index (χ4v) is 1.28. The third-order valence-corrected chi connectivity index (χ3v) is 2.02. The van der Waals surface area contributed by atoms with Gasteiger partial charge in [-0.3, -0.25) is 4.79 Å². The average Bonchev–Trinajstić information content (AvgIpc) is 2.16. The minimum absolute atomic E-state index is 0.138. The molecular formula is C11H13O3P. The van der Waals surface area contributed by atoms with E-state index in [2.05, 4.69) is 0 Å². The summed E-state index contributed by atoms with van der Waals surface area (Å²) in [6.07, 6.45) is 0.448. The fraction of sp³-hybridized carbons (Fsp3) is 0.273. The molecule has 15 heavy (non-hydrogen) atoms. The summed E-state index contributed by atoms with van der Waals surface area (Å²) in [4.78, 5) is 21.4. The van der Waals surface area contributed by atoms with E-state index in [0.29, 0.717) is 6.42 Å². The molecule has 0 amide bonds. The van der Waals surface area contributed by atoms with Crippen molar-refractivity contribution < 1.29 is 14.3 Å². The molecule has 3 nitrogen and oxygen atoms in total. The minimum atomic E-state index is -0.372. The van der Waals surface area contributed by atoms with Crippen LogP contribution in [-0.4, -0.2) is 11.5 Å². The summed E-state index contributed by atoms with van der Waals surface area (Å²) in [6, 6.07) is 7.44. The molecule has 1 rings (SSSR count). The summed E-state index contributed by atoms with van der Waals surface area (Å²) in [7, 11) is 1.95. The van der Waals surface area contributed by atoms with Crippen molar-refractivity contribution in [1.29, 1.82) is 0 Å². The summed E-state index contributed by atoms with van der Waals surface area (Å²) >= 11 is 0. The lowest BCUT2D eigenvalue weighted by Crippen LogP contribution is -1.97. The van der Waals surface area contributed by atoms with Crippen molar-refractivity contribution in [3.63, 3.8) is 0 Å². The maximum absolute atomic E-state index is 10.8. The van der Waals surface area contributed by atoms with Crippen LogP contribution in [-0.2, 0) is 22.6 Å². The van der Waals surface area contributed by atoms with Crippen molar-refractivity contribution in [2.75, 3.05) is 0 Å². The Morgan fingerprint density at radius 3 is 2.20 bits per heavy atom. The van der Waals surface area contributed by atoms with Gasteiger partial charge in [0.05, 0.1) is 0 Å². The molecular weight excluding hydrogens is 211 g/mol.